The van der Waals surface area contributed by atoms with Gasteiger partial charge in [0, 0.05) is 25.7 Å². The molecule has 2 unspecified atom stereocenters. The zero-order valence-corrected chi connectivity index (χ0v) is 12.5. The molecule has 0 saturated carbocycles. The lowest BCUT2D eigenvalue weighted by Gasteiger charge is -2.36. The Labute approximate surface area is 120 Å². The maximum atomic E-state index is 13.8. The van der Waals surface area contributed by atoms with E-state index in [1.165, 1.54) is 12.5 Å². The molecule has 1 heterocycles. The van der Waals surface area contributed by atoms with E-state index in [-0.39, 0.29) is 17.9 Å². The summed E-state index contributed by atoms with van der Waals surface area (Å²) in [5.74, 6) is 0.288. The van der Waals surface area contributed by atoms with Gasteiger partial charge in [0.25, 0.3) is 0 Å². The van der Waals surface area contributed by atoms with Gasteiger partial charge >= 0.3 is 6.03 Å². The fourth-order valence-electron chi connectivity index (χ4n) is 2.77. The molecule has 2 atom stereocenters. The molecule has 0 aliphatic carbocycles. The van der Waals surface area contributed by atoms with Crippen LogP contribution in [0.5, 0.6) is 0 Å². The molecule has 1 aromatic rings. The highest BCUT2D eigenvalue weighted by Gasteiger charge is 2.27. The van der Waals surface area contributed by atoms with Crippen molar-refractivity contribution in [2.75, 3.05) is 20.1 Å². The van der Waals surface area contributed by atoms with Crippen molar-refractivity contribution >= 4 is 6.03 Å². The molecule has 20 heavy (non-hydrogen) atoms. The van der Waals surface area contributed by atoms with Crippen molar-refractivity contribution in [3.63, 3.8) is 0 Å². The van der Waals surface area contributed by atoms with E-state index in [2.05, 4.69) is 6.92 Å². The lowest BCUT2D eigenvalue weighted by Crippen LogP contribution is -2.46. The van der Waals surface area contributed by atoms with E-state index in [0.717, 1.165) is 19.5 Å². The maximum Gasteiger partial charge on any atom is 0.320 e. The third-order valence-electron chi connectivity index (χ3n) is 4.17. The van der Waals surface area contributed by atoms with Crippen LogP contribution in [0.3, 0.4) is 0 Å². The van der Waals surface area contributed by atoms with Crippen LogP contribution in [0, 0.1) is 11.7 Å². The van der Waals surface area contributed by atoms with E-state index in [9.17, 15) is 9.18 Å². The lowest BCUT2D eigenvalue weighted by molar-refractivity contribution is 0.128. The smallest absolute Gasteiger partial charge is 0.320 e. The number of piperidine rings is 1. The Balaban J connectivity index is 2.08. The number of carbonyl (C=O) groups excluding carboxylic acids is 1. The third-order valence-corrected chi connectivity index (χ3v) is 4.17. The second-order valence-electron chi connectivity index (χ2n) is 5.78. The Hall–Kier alpha value is -1.58. The molecule has 2 amide bonds. The summed E-state index contributed by atoms with van der Waals surface area (Å²) in [6.07, 6.45) is 2.23. The van der Waals surface area contributed by atoms with Crippen molar-refractivity contribution in [1.82, 2.24) is 9.80 Å². The number of rotatable bonds is 2. The van der Waals surface area contributed by atoms with Gasteiger partial charge in [-0.2, -0.15) is 0 Å². The van der Waals surface area contributed by atoms with Gasteiger partial charge in [0.05, 0.1) is 6.04 Å². The predicted octanol–water partition coefficient (Wildman–Crippen LogP) is 3.67. The molecule has 0 bridgehead atoms. The number of benzene rings is 1. The van der Waals surface area contributed by atoms with Gasteiger partial charge in [0.2, 0.25) is 0 Å². The molecular formula is C16H23FN2O. The molecule has 0 N–H and O–H groups in total. The van der Waals surface area contributed by atoms with Gasteiger partial charge in [0.15, 0.2) is 0 Å². The molecule has 1 aromatic carbocycles. The fraction of sp³-hybridized carbons (Fsp3) is 0.562. The van der Waals surface area contributed by atoms with Crippen LogP contribution in [0.1, 0.15) is 38.3 Å². The summed E-state index contributed by atoms with van der Waals surface area (Å²) in [5, 5.41) is 0. The van der Waals surface area contributed by atoms with Crippen molar-refractivity contribution in [3.05, 3.63) is 35.6 Å². The minimum Gasteiger partial charge on any atom is -0.324 e. The highest BCUT2D eigenvalue weighted by atomic mass is 19.1. The molecule has 110 valence electrons. The van der Waals surface area contributed by atoms with Crippen LogP contribution in [0.4, 0.5) is 9.18 Å². The number of amides is 2. The van der Waals surface area contributed by atoms with Crippen molar-refractivity contribution in [1.29, 1.82) is 0 Å². The molecule has 1 fully saturated rings. The quantitative estimate of drug-likeness (QED) is 0.809. The molecule has 1 saturated heterocycles. The van der Waals surface area contributed by atoms with Crippen molar-refractivity contribution < 1.29 is 9.18 Å². The predicted molar refractivity (Wildman–Crippen MR) is 77.9 cm³/mol. The normalized spacial score (nSPS) is 20.6. The second kappa shape index (κ2) is 6.25. The summed E-state index contributed by atoms with van der Waals surface area (Å²) in [6.45, 7) is 5.63. The Morgan fingerprint density at radius 2 is 2.15 bits per heavy atom. The standard InChI is InChI=1S/C16H23FN2O/c1-12-7-6-10-19(11-12)16(20)18(3)13(2)14-8-4-5-9-15(14)17/h4-5,8-9,12-13H,6-7,10-11H2,1-3H3. The number of halogens is 1. The van der Waals surface area contributed by atoms with Gasteiger partial charge in [-0.05, 0) is 31.7 Å². The zero-order valence-electron chi connectivity index (χ0n) is 12.5. The number of nitrogens with zero attached hydrogens (tertiary/aromatic N) is 2. The molecular weight excluding hydrogens is 255 g/mol. The molecule has 0 aromatic heterocycles. The van der Waals surface area contributed by atoms with Crippen LogP contribution in [-0.2, 0) is 0 Å². The molecule has 0 spiro atoms. The van der Waals surface area contributed by atoms with Gasteiger partial charge in [-0.25, -0.2) is 9.18 Å². The van der Waals surface area contributed by atoms with Crippen LogP contribution in [0.2, 0.25) is 0 Å². The van der Waals surface area contributed by atoms with Crippen LogP contribution < -0.4 is 0 Å². The first-order chi connectivity index (χ1) is 9.50. The average molecular weight is 278 g/mol. The topological polar surface area (TPSA) is 23.6 Å². The van der Waals surface area contributed by atoms with E-state index in [4.69, 9.17) is 0 Å². The summed E-state index contributed by atoms with van der Waals surface area (Å²) in [6, 6.07) is 6.37. The Kier molecular flexibility index (Phi) is 4.63. The van der Waals surface area contributed by atoms with Crippen LogP contribution in [0.25, 0.3) is 0 Å². The van der Waals surface area contributed by atoms with Gasteiger partial charge in [0.1, 0.15) is 5.82 Å². The van der Waals surface area contributed by atoms with Gasteiger partial charge in [-0.15, -0.1) is 0 Å². The lowest BCUT2D eigenvalue weighted by atomic mass is 10.0. The van der Waals surface area contributed by atoms with Gasteiger partial charge in [-0.3, -0.25) is 0 Å². The Morgan fingerprint density at radius 1 is 1.45 bits per heavy atom. The van der Waals surface area contributed by atoms with E-state index in [1.54, 1.807) is 30.1 Å². The van der Waals surface area contributed by atoms with E-state index >= 15 is 0 Å². The Bertz CT molecular complexity index is 477. The van der Waals surface area contributed by atoms with Crippen molar-refractivity contribution in [3.8, 4) is 0 Å². The van der Waals surface area contributed by atoms with Crippen LogP contribution in [-0.4, -0.2) is 36.0 Å². The van der Waals surface area contributed by atoms with E-state index < -0.39 is 0 Å². The number of urea groups is 1. The highest BCUT2D eigenvalue weighted by molar-refractivity contribution is 5.74. The number of hydrogen-bond acceptors (Lipinski definition) is 1. The monoisotopic (exact) mass is 278 g/mol. The zero-order chi connectivity index (χ0) is 14.7. The molecule has 4 heteroatoms. The summed E-state index contributed by atoms with van der Waals surface area (Å²) in [5.41, 5.74) is 0.563. The molecule has 2 rings (SSSR count). The minimum atomic E-state index is -0.263. The summed E-state index contributed by atoms with van der Waals surface area (Å²) >= 11 is 0. The molecule has 0 radical (unpaired) electrons. The third kappa shape index (κ3) is 3.11. The number of likely N-dealkylation sites (tertiary alicyclic amines) is 1. The van der Waals surface area contributed by atoms with E-state index in [0.29, 0.717) is 11.5 Å². The maximum absolute atomic E-state index is 13.8. The minimum absolute atomic E-state index is 0.00713. The summed E-state index contributed by atoms with van der Waals surface area (Å²) in [7, 11) is 1.75. The van der Waals surface area contributed by atoms with E-state index in [1.807, 2.05) is 11.8 Å². The SMILES string of the molecule is CC1CCCN(C(=O)N(C)C(C)c2ccccc2F)C1. The first-order valence-electron chi connectivity index (χ1n) is 7.27. The van der Waals surface area contributed by atoms with Gasteiger partial charge < -0.3 is 9.80 Å². The Morgan fingerprint density at radius 3 is 2.80 bits per heavy atom. The highest BCUT2D eigenvalue weighted by Crippen LogP contribution is 2.24. The second-order valence-corrected chi connectivity index (χ2v) is 5.78. The van der Waals surface area contributed by atoms with Gasteiger partial charge in [-0.1, -0.05) is 25.1 Å². The van der Waals surface area contributed by atoms with Crippen molar-refractivity contribution in [2.24, 2.45) is 5.92 Å². The summed E-state index contributed by atoms with van der Waals surface area (Å²) < 4.78 is 13.8. The van der Waals surface area contributed by atoms with Crippen LogP contribution in [0.15, 0.2) is 24.3 Å². The molecule has 1 aliphatic rings. The average Bonchev–Trinajstić information content (AvgIpc) is 2.45. The van der Waals surface area contributed by atoms with Crippen LogP contribution >= 0.6 is 0 Å². The largest absolute Gasteiger partial charge is 0.324 e. The first-order valence-corrected chi connectivity index (χ1v) is 7.27. The summed E-state index contributed by atoms with van der Waals surface area (Å²) in [4.78, 5) is 16.0. The molecule has 1 aliphatic heterocycles. The number of hydrogen-bond donors (Lipinski definition) is 0. The van der Waals surface area contributed by atoms with Crippen molar-refractivity contribution in [2.45, 2.75) is 32.7 Å². The number of carbonyl (C=O) groups is 1. The fourth-order valence-corrected chi connectivity index (χ4v) is 2.77. The molecule has 3 nitrogen and oxygen atoms in total. The first kappa shape index (κ1) is 14.8.